The number of amides is 4. The molecule has 146 valence electrons. The van der Waals surface area contributed by atoms with Gasteiger partial charge in [-0.3, -0.25) is 24.0 Å². The predicted molar refractivity (Wildman–Crippen MR) is 84.2 cm³/mol. The van der Waals surface area contributed by atoms with E-state index < -0.39 is 73.1 Å². The van der Waals surface area contributed by atoms with Gasteiger partial charge in [0, 0.05) is 0 Å². The highest BCUT2D eigenvalue weighted by atomic mass is 16.4. The topological polar surface area (TPSA) is 231 Å². The Hall–Kier alpha value is -3.22. The third-order valence-electron chi connectivity index (χ3n) is 2.95. The Labute approximate surface area is 147 Å². The molecule has 0 aromatic carbocycles. The van der Waals surface area contributed by atoms with Crippen molar-refractivity contribution in [1.82, 2.24) is 16.0 Å². The maximum atomic E-state index is 11.8. The van der Waals surface area contributed by atoms with E-state index in [1.165, 1.54) is 6.92 Å². The van der Waals surface area contributed by atoms with E-state index in [4.69, 9.17) is 21.7 Å². The monoisotopic (exact) mass is 375 g/mol. The number of primary amides is 1. The minimum Gasteiger partial charge on any atom is -0.481 e. The quantitative estimate of drug-likeness (QED) is 0.185. The molecule has 4 amide bonds. The lowest BCUT2D eigenvalue weighted by atomic mass is 10.2. The Morgan fingerprint density at radius 1 is 0.962 bits per heavy atom. The number of carboxylic acid groups (broad SMARTS) is 2. The number of rotatable bonds is 11. The number of hydrogen-bond donors (Lipinski definition) is 7. The van der Waals surface area contributed by atoms with E-state index in [0.717, 1.165) is 0 Å². The second-order valence-corrected chi connectivity index (χ2v) is 5.28. The molecular formula is C13H21N5O8. The van der Waals surface area contributed by atoms with Crippen molar-refractivity contribution >= 4 is 35.6 Å². The number of carbonyl (C=O) groups excluding carboxylic acids is 4. The third kappa shape index (κ3) is 9.17. The van der Waals surface area contributed by atoms with Gasteiger partial charge in [0.2, 0.25) is 23.6 Å². The van der Waals surface area contributed by atoms with Crippen LogP contribution in [0.1, 0.15) is 19.8 Å². The molecule has 0 aliphatic carbocycles. The van der Waals surface area contributed by atoms with Gasteiger partial charge in [-0.2, -0.15) is 0 Å². The van der Waals surface area contributed by atoms with Gasteiger partial charge in [0.15, 0.2) is 0 Å². The lowest BCUT2D eigenvalue weighted by Crippen LogP contribution is -2.53. The highest BCUT2D eigenvalue weighted by Gasteiger charge is 2.24. The fraction of sp³-hybridized carbons (Fsp3) is 0.538. The van der Waals surface area contributed by atoms with Gasteiger partial charge >= 0.3 is 11.9 Å². The maximum absolute atomic E-state index is 11.8. The van der Waals surface area contributed by atoms with Crippen LogP contribution >= 0.6 is 0 Å². The van der Waals surface area contributed by atoms with E-state index in [2.05, 4.69) is 10.6 Å². The molecule has 0 saturated heterocycles. The molecular weight excluding hydrogens is 354 g/mol. The van der Waals surface area contributed by atoms with Crippen LogP contribution in [-0.4, -0.2) is 70.5 Å². The van der Waals surface area contributed by atoms with Crippen molar-refractivity contribution in [2.45, 2.75) is 37.9 Å². The average molecular weight is 375 g/mol. The Morgan fingerprint density at radius 3 is 2.00 bits per heavy atom. The van der Waals surface area contributed by atoms with Crippen molar-refractivity contribution in [3.05, 3.63) is 0 Å². The minimum absolute atomic E-state index is 0.414. The Morgan fingerprint density at radius 2 is 1.54 bits per heavy atom. The SMILES string of the molecule is CC(NC(=O)C(N)CC(N)=O)C(=O)NCC(=O)NC(CC(=O)O)C(=O)O. The zero-order valence-electron chi connectivity index (χ0n) is 13.9. The normalized spacial score (nSPS) is 13.6. The molecule has 0 aromatic heterocycles. The number of carbonyl (C=O) groups is 6. The molecule has 9 N–H and O–H groups in total. The number of nitrogens with two attached hydrogens (primary N) is 2. The Kier molecular flexibility index (Phi) is 9.29. The van der Waals surface area contributed by atoms with E-state index in [0.29, 0.717) is 0 Å². The number of hydrogen-bond acceptors (Lipinski definition) is 7. The summed E-state index contributed by atoms with van der Waals surface area (Å²) in [6.45, 7) is 0.641. The van der Waals surface area contributed by atoms with Crippen LogP contribution in [0.3, 0.4) is 0 Å². The standard InChI is InChI=1S/C13H21N5O8/c1-5(17-12(24)6(14)2-8(15)19)11(23)16-4-9(20)18-7(13(25)26)3-10(21)22/h5-7H,2-4,14H2,1H3,(H2,15,19)(H,16,23)(H,17,24)(H,18,20)(H,21,22)(H,25,26). The lowest BCUT2D eigenvalue weighted by molar-refractivity contribution is -0.147. The molecule has 0 bridgehead atoms. The molecule has 0 rings (SSSR count). The van der Waals surface area contributed by atoms with E-state index in [-0.39, 0.29) is 0 Å². The Bertz CT molecular complexity index is 593. The summed E-state index contributed by atoms with van der Waals surface area (Å²) in [6, 6.07) is -4.00. The zero-order valence-corrected chi connectivity index (χ0v) is 13.9. The van der Waals surface area contributed by atoms with Crippen LogP contribution in [0.2, 0.25) is 0 Å². The summed E-state index contributed by atoms with van der Waals surface area (Å²) in [5.74, 6) is -6.29. The molecule has 13 nitrogen and oxygen atoms in total. The van der Waals surface area contributed by atoms with Crippen LogP contribution in [-0.2, 0) is 28.8 Å². The van der Waals surface area contributed by atoms with Gasteiger partial charge in [0.05, 0.1) is 25.4 Å². The van der Waals surface area contributed by atoms with Gasteiger partial charge in [-0.05, 0) is 6.92 Å². The highest BCUT2D eigenvalue weighted by molar-refractivity contribution is 5.94. The Balaban J connectivity index is 4.43. The van der Waals surface area contributed by atoms with Crippen LogP contribution in [0.15, 0.2) is 0 Å². The molecule has 0 radical (unpaired) electrons. The summed E-state index contributed by atoms with van der Waals surface area (Å²) in [4.78, 5) is 67.0. The van der Waals surface area contributed by atoms with E-state index >= 15 is 0 Å². The first kappa shape index (κ1) is 22.8. The van der Waals surface area contributed by atoms with Crippen LogP contribution in [0.25, 0.3) is 0 Å². The van der Waals surface area contributed by atoms with E-state index in [1.54, 1.807) is 0 Å². The first-order chi connectivity index (χ1) is 11.9. The molecule has 0 saturated carbocycles. The summed E-state index contributed by atoms with van der Waals surface area (Å²) in [5.41, 5.74) is 10.3. The van der Waals surface area contributed by atoms with Crippen LogP contribution in [0.5, 0.6) is 0 Å². The minimum atomic E-state index is -1.65. The molecule has 0 aromatic rings. The van der Waals surface area contributed by atoms with Gasteiger partial charge in [-0.15, -0.1) is 0 Å². The average Bonchev–Trinajstić information content (AvgIpc) is 2.50. The van der Waals surface area contributed by atoms with E-state index in [9.17, 15) is 28.8 Å². The van der Waals surface area contributed by atoms with Crippen molar-refractivity contribution in [2.24, 2.45) is 11.5 Å². The maximum Gasteiger partial charge on any atom is 0.326 e. The fourth-order valence-corrected chi connectivity index (χ4v) is 1.64. The fourth-order valence-electron chi connectivity index (χ4n) is 1.64. The molecule has 3 atom stereocenters. The van der Waals surface area contributed by atoms with Gasteiger partial charge in [0.1, 0.15) is 12.1 Å². The molecule has 0 aliphatic heterocycles. The third-order valence-corrected chi connectivity index (χ3v) is 2.95. The smallest absolute Gasteiger partial charge is 0.326 e. The molecule has 0 spiro atoms. The summed E-state index contributed by atoms with van der Waals surface area (Å²) in [5, 5.41) is 23.6. The molecule has 3 unspecified atom stereocenters. The first-order valence-corrected chi connectivity index (χ1v) is 7.30. The molecule has 0 aliphatic rings. The van der Waals surface area contributed by atoms with Crippen molar-refractivity contribution in [1.29, 1.82) is 0 Å². The highest BCUT2D eigenvalue weighted by Crippen LogP contribution is 1.93. The van der Waals surface area contributed by atoms with Gasteiger partial charge in [-0.25, -0.2) is 4.79 Å². The van der Waals surface area contributed by atoms with Crippen molar-refractivity contribution < 1.29 is 39.0 Å². The zero-order chi connectivity index (χ0) is 20.4. The second kappa shape index (κ2) is 10.6. The van der Waals surface area contributed by atoms with Gasteiger partial charge in [-0.1, -0.05) is 0 Å². The largest absolute Gasteiger partial charge is 0.481 e. The molecule has 26 heavy (non-hydrogen) atoms. The molecule has 0 fully saturated rings. The summed E-state index contributed by atoms with van der Waals surface area (Å²) in [7, 11) is 0. The van der Waals surface area contributed by atoms with E-state index in [1.807, 2.05) is 5.32 Å². The number of nitrogens with one attached hydrogen (secondary N) is 3. The predicted octanol–water partition coefficient (Wildman–Crippen LogP) is -4.15. The lowest BCUT2D eigenvalue weighted by Gasteiger charge is -2.17. The second-order valence-electron chi connectivity index (χ2n) is 5.28. The number of aliphatic carboxylic acids is 2. The van der Waals surface area contributed by atoms with Crippen molar-refractivity contribution in [3.63, 3.8) is 0 Å². The van der Waals surface area contributed by atoms with Crippen molar-refractivity contribution in [2.75, 3.05) is 6.54 Å². The van der Waals surface area contributed by atoms with Crippen LogP contribution in [0.4, 0.5) is 0 Å². The number of carboxylic acids is 2. The van der Waals surface area contributed by atoms with Crippen molar-refractivity contribution in [3.8, 4) is 0 Å². The summed E-state index contributed by atoms with van der Waals surface area (Å²) >= 11 is 0. The van der Waals surface area contributed by atoms with Gasteiger partial charge < -0.3 is 37.6 Å². The van der Waals surface area contributed by atoms with Crippen LogP contribution < -0.4 is 27.4 Å². The van der Waals surface area contributed by atoms with Crippen LogP contribution in [0, 0.1) is 0 Å². The first-order valence-electron chi connectivity index (χ1n) is 7.30. The van der Waals surface area contributed by atoms with Gasteiger partial charge in [0.25, 0.3) is 0 Å². The molecule has 13 heteroatoms. The summed E-state index contributed by atoms with van der Waals surface area (Å²) < 4.78 is 0. The molecule has 0 heterocycles. The summed E-state index contributed by atoms with van der Waals surface area (Å²) in [6.07, 6.45) is -1.25.